The Kier molecular flexibility index (Phi) is 11.6. The number of carbonyl (C=O) groups excluding carboxylic acids is 3. The molecule has 0 aliphatic carbocycles. The van der Waals surface area contributed by atoms with Crippen molar-refractivity contribution in [3.63, 3.8) is 0 Å². The molecule has 2 aliphatic rings. The molecule has 0 spiro atoms. The molecule has 0 bridgehead atoms. The van der Waals surface area contributed by atoms with Crippen LogP contribution in [0.25, 0.3) is 6.08 Å². The van der Waals surface area contributed by atoms with Gasteiger partial charge in [-0.15, -0.1) is 5.06 Å². The number of nitrogens with zero attached hydrogens (tertiary/aromatic N) is 3. The van der Waals surface area contributed by atoms with Gasteiger partial charge in [0.15, 0.2) is 5.71 Å². The molecule has 0 unspecified atom stereocenters. The van der Waals surface area contributed by atoms with Crippen LogP contribution in [0.5, 0.6) is 0 Å². The summed E-state index contributed by atoms with van der Waals surface area (Å²) in [6.07, 6.45) is 6.24. The number of unbranched alkanes of at least 4 members (excludes halogenated alkanes) is 2. The molecule has 2 aliphatic heterocycles. The number of carbonyl (C=O) groups is 3. The molecule has 4 rings (SSSR count). The Morgan fingerprint density at radius 3 is 2.10 bits per heavy atom. The first-order chi connectivity index (χ1) is 22.4. The number of benzene rings is 2. The summed E-state index contributed by atoms with van der Waals surface area (Å²) in [5.74, 6) is -2.82. The molecule has 13 nitrogen and oxygen atoms in total. The number of imide groups is 1. The van der Waals surface area contributed by atoms with E-state index in [4.69, 9.17) is 4.84 Å². The Hall–Kier alpha value is -3.92. The average Bonchev–Trinajstić information content (AvgIpc) is 3.41. The van der Waals surface area contributed by atoms with Crippen molar-refractivity contribution in [2.75, 3.05) is 36.0 Å². The van der Waals surface area contributed by atoms with Gasteiger partial charge in [-0.2, -0.15) is 21.4 Å². The fraction of sp³-hybridized carbons (Fsp3) is 0.455. The summed E-state index contributed by atoms with van der Waals surface area (Å²) >= 11 is 0. The third kappa shape index (κ3) is 9.81. The zero-order valence-corrected chi connectivity index (χ0v) is 28.9. The van der Waals surface area contributed by atoms with E-state index in [9.17, 15) is 40.3 Å². The van der Waals surface area contributed by atoms with E-state index in [2.05, 4.69) is 42.7 Å². The summed E-state index contributed by atoms with van der Waals surface area (Å²) < 4.78 is 65.9. The summed E-state index contributed by atoms with van der Waals surface area (Å²) in [6, 6.07) is 13.4. The highest BCUT2D eigenvalue weighted by Gasteiger charge is 2.44. The minimum atomic E-state index is -4.29. The number of hydrogen-bond acceptors (Lipinski definition) is 9. The van der Waals surface area contributed by atoms with Crippen LogP contribution in [0.3, 0.4) is 0 Å². The van der Waals surface area contributed by atoms with Crippen molar-refractivity contribution in [1.29, 1.82) is 0 Å². The Bertz CT molecular complexity index is 1780. The first-order valence-corrected chi connectivity index (χ1v) is 18.9. The van der Waals surface area contributed by atoms with E-state index < -0.39 is 49.5 Å². The number of allylic oxidation sites excluding steroid dienone is 1. The summed E-state index contributed by atoms with van der Waals surface area (Å²) in [4.78, 5) is 42.0. The maximum atomic E-state index is 12.2. The second-order valence-electron chi connectivity index (χ2n) is 12.5. The standard InChI is InChI=1S/C33H41N3O10S2/c1-24-8-14-28-27(23-24)33(2,3)29(35(28)18-6-4-5-7-32(39)46-36-30(37)16-17-31(36)38)15-11-25-9-12-26(13-10-25)34(19-21-47(40,41)42)20-22-48(43,44)45/h8-15,23H,4-7,16-22H2,1-3H3,(H-,40,41,42,43,44,45)/p+1. The van der Waals surface area contributed by atoms with Gasteiger partial charge in [0, 0.05) is 62.2 Å². The van der Waals surface area contributed by atoms with Crippen molar-refractivity contribution in [2.45, 2.75) is 64.7 Å². The molecular formula is C33H42N3O10S2+. The number of aryl methyl sites for hydroxylation is 1. The van der Waals surface area contributed by atoms with Crippen molar-refractivity contribution in [3.8, 4) is 0 Å². The van der Waals surface area contributed by atoms with Crippen LogP contribution in [0.2, 0.25) is 0 Å². The lowest BCUT2D eigenvalue weighted by molar-refractivity contribution is -0.438. The van der Waals surface area contributed by atoms with Crippen LogP contribution in [-0.4, -0.2) is 90.2 Å². The maximum Gasteiger partial charge on any atom is 0.333 e. The topological polar surface area (TPSA) is 179 Å². The number of hydroxylamine groups is 2. The number of fused-ring (bicyclic) bond motifs is 1. The second kappa shape index (κ2) is 15.1. The number of hydrogen-bond donors (Lipinski definition) is 2. The fourth-order valence-corrected chi connectivity index (χ4v) is 6.75. The fourth-order valence-electron chi connectivity index (χ4n) is 5.84. The van der Waals surface area contributed by atoms with Gasteiger partial charge in [0.2, 0.25) is 5.69 Å². The summed E-state index contributed by atoms with van der Waals surface area (Å²) in [5.41, 5.74) is 5.55. The van der Waals surface area contributed by atoms with Gasteiger partial charge in [-0.05, 0) is 63.5 Å². The van der Waals surface area contributed by atoms with Crippen LogP contribution in [0.4, 0.5) is 11.4 Å². The number of amides is 2. The van der Waals surface area contributed by atoms with Gasteiger partial charge in [-0.1, -0.05) is 23.8 Å². The Labute approximate surface area is 281 Å². The molecule has 2 amide bonds. The number of anilines is 1. The zero-order chi connectivity index (χ0) is 35.3. The van der Waals surface area contributed by atoms with E-state index >= 15 is 0 Å². The van der Waals surface area contributed by atoms with Crippen LogP contribution in [0.1, 0.15) is 69.1 Å². The van der Waals surface area contributed by atoms with E-state index in [0.717, 1.165) is 35.4 Å². The molecule has 260 valence electrons. The van der Waals surface area contributed by atoms with Gasteiger partial charge in [0.1, 0.15) is 6.54 Å². The van der Waals surface area contributed by atoms with Gasteiger partial charge in [-0.3, -0.25) is 18.7 Å². The predicted octanol–water partition coefficient (Wildman–Crippen LogP) is 3.83. The average molecular weight is 705 g/mol. The third-order valence-electron chi connectivity index (χ3n) is 8.44. The molecule has 2 aromatic rings. The van der Waals surface area contributed by atoms with E-state index in [1.54, 1.807) is 12.1 Å². The van der Waals surface area contributed by atoms with Gasteiger partial charge < -0.3 is 9.74 Å². The van der Waals surface area contributed by atoms with E-state index in [-0.39, 0.29) is 37.8 Å². The molecule has 15 heteroatoms. The Balaban J connectivity index is 1.47. The Morgan fingerprint density at radius 1 is 0.917 bits per heavy atom. The molecular weight excluding hydrogens is 663 g/mol. The SMILES string of the molecule is Cc1ccc2c(c1)C(C)(C)C(/C=C/c1ccc(N(CCS(=O)(=O)O)CCS(=O)(=O)O)cc1)=[N+]2CCCCCC(=O)ON1C(=O)CCC1=O. The molecule has 48 heavy (non-hydrogen) atoms. The lowest BCUT2D eigenvalue weighted by Crippen LogP contribution is -2.33. The van der Waals surface area contributed by atoms with Gasteiger partial charge in [-0.25, -0.2) is 4.79 Å². The molecule has 1 saturated heterocycles. The smallest absolute Gasteiger partial charge is 0.333 e. The van der Waals surface area contributed by atoms with Gasteiger partial charge in [0.25, 0.3) is 32.1 Å². The molecule has 0 radical (unpaired) electrons. The quantitative estimate of drug-likeness (QED) is 0.112. The van der Waals surface area contributed by atoms with Crippen LogP contribution in [0, 0.1) is 6.92 Å². The maximum absolute atomic E-state index is 12.2. The summed E-state index contributed by atoms with van der Waals surface area (Å²) in [5, 5.41) is 0.568. The van der Waals surface area contributed by atoms with Crippen LogP contribution < -0.4 is 4.90 Å². The minimum absolute atomic E-state index is 0.0514. The lowest BCUT2D eigenvalue weighted by Gasteiger charge is -2.24. The molecule has 2 N–H and O–H groups in total. The first kappa shape index (κ1) is 36.9. The molecule has 2 aromatic carbocycles. The van der Waals surface area contributed by atoms with E-state index in [1.165, 1.54) is 10.5 Å². The van der Waals surface area contributed by atoms with Crippen molar-refractivity contribution >= 4 is 61.2 Å². The minimum Gasteiger partial charge on any atom is -0.369 e. The second-order valence-corrected chi connectivity index (χ2v) is 15.7. The van der Waals surface area contributed by atoms with Crippen molar-refractivity contribution in [1.82, 2.24) is 5.06 Å². The molecule has 0 atom stereocenters. The highest BCUT2D eigenvalue weighted by molar-refractivity contribution is 7.86. The van der Waals surface area contributed by atoms with Gasteiger partial charge in [0.05, 0.1) is 16.9 Å². The highest BCUT2D eigenvalue weighted by Crippen LogP contribution is 2.41. The van der Waals surface area contributed by atoms with E-state index in [1.807, 2.05) is 25.1 Å². The lowest BCUT2D eigenvalue weighted by atomic mass is 9.81. The van der Waals surface area contributed by atoms with Crippen molar-refractivity contribution in [2.24, 2.45) is 0 Å². The largest absolute Gasteiger partial charge is 0.369 e. The molecule has 2 heterocycles. The summed E-state index contributed by atoms with van der Waals surface area (Å²) in [6.45, 7) is 6.73. The normalized spacial score (nSPS) is 16.2. The van der Waals surface area contributed by atoms with Gasteiger partial charge >= 0.3 is 5.97 Å². The van der Waals surface area contributed by atoms with Crippen LogP contribution in [0.15, 0.2) is 48.5 Å². The third-order valence-corrected chi connectivity index (χ3v) is 9.84. The Morgan fingerprint density at radius 2 is 1.52 bits per heavy atom. The van der Waals surface area contributed by atoms with Crippen LogP contribution in [-0.2, 0) is 44.9 Å². The molecule has 1 fully saturated rings. The predicted molar refractivity (Wildman–Crippen MR) is 180 cm³/mol. The first-order valence-electron chi connectivity index (χ1n) is 15.7. The van der Waals surface area contributed by atoms with Crippen molar-refractivity contribution < 1.29 is 49.7 Å². The number of rotatable bonds is 16. The zero-order valence-electron chi connectivity index (χ0n) is 27.3. The monoisotopic (exact) mass is 704 g/mol. The van der Waals surface area contributed by atoms with Crippen molar-refractivity contribution in [3.05, 3.63) is 65.2 Å². The molecule has 0 aromatic heterocycles. The highest BCUT2D eigenvalue weighted by atomic mass is 32.2. The summed E-state index contributed by atoms with van der Waals surface area (Å²) in [7, 11) is -8.58. The van der Waals surface area contributed by atoms with Crippen LogP contribution >= 0.6 is 0 Å². The van der Waals surface area contributed by atoms with E-state index in [0.29, 0.717) is 23.7 Å². The molecule has 0 saturated carbocycles.